The second kappa shape index (κ2) is 22.2. The summed E-state index contributed by atoms with van der Waals surface area (Å²) in [6.45, 7) is 4.96. The van der Waals surface area contributed by atoms with E-state index in [0.29, 0.717) is 31.8 Å². The van der Waals surface area contributed by atoms with E-state index in [4.69, 9.17) is 14.2 Å². The van der Waals surface area contributed by atoms with E-state index >= 15 is 0 Å². The Morgan fingerprint density at radius 2 is 0.982 bits per heavy atom. The van der Waals surface area contributed by atoms with Crippen LogP contribution in [0, 0.1) is 29.6 Å². The van der Waals surface area contributed by atoms with Crippen molar-refractivity contribution in [3.63, 3.8) is 0 Å². The SMILES string of the molecule is CCCN(CCC/C=C/[C@H](C)CCCc1ccccc1)C(=O)C1C(C(=O)OCc2ccccc2)C(C(=O)OCc2ccccc2)C1C(=O)OCc1ccccc1. The minimum atomic E-state index is -1.26. The van der Waals surface area contributed by atoms with Crippen molar-refractivity contribution >= 4 is 23.8 Å². The van der Waals surface area contributed by atoms with Crippen molar-refractivity contribution in [2.75, 3.05) is 13.1 Å². The zero-order valence-electron chi connectivity index (χ0n) is 32.7. The molecule has 1 aliphatic rings. The van der Waals surface area contributed by atoms with Gasteiger partial charge in [-0.1, -0.05) is 147 Å². The number of unbranched alkanes of at least 4 members (excludes halogenated alkanes) is 1. The number of allylic oxidation sites excluding steroid dienone is 2. The predicted molar refractivity (Wildman–Crippen MR) is 216 cm³/mol. The number of nitrogens with zero attached hydrogens (tertiary/aromatic N) is 1. The lowest BCUT2D eigenvalue weighted by atomic mass is 9.55. The van der Waals surface area contributed by atoms with Crippen molar-refractivity contribution in [1.29, 1.82) is 0 Å². The molecular formula is C48H55NO7. The van der Waals surface area contributed by atoms with Gasteiger partial charge in [0.25, 0.3) is 0 Å². The van der Waals surface area contributed by atoms with Gasteiger partial charge in [-0.2, -0.15) is 0 Å². The molecule has 0 saturated heterocycles. The van der Waals surface area contributed by atoms with Crippen molar-refractivity contribution in [2.45, 2.75) is 72.2 Å². The van der Waals surface area contributed by atoms with Crippen LogP contribution < -0.4 is 0 Å². The summed E-state index contributed by atoms with van der Waals surface area (Å²) in [7, 11) is 0. The summed E-state index contributed by atoms with van der Waals surface area (Å²) in [5, 5.41) is 0. The van der Waals surface area contributed by atoms with E-state index in [1.54, 1.807) is 4.90 Å². The average Bonchev–Trinajstić information content (AvgIpc) is 3.22. The first-order chi connectivity index (χ1) is 27.4. The van der Waals surface area contributed by atoms with E-state index in [9.17, 15) is 19.2 Å². The molecule has 56 heavy (non-hydrogen) atoms. The van der Waals surface area contributed by atoms with Gasteiger partial charge in [0.2, 0.25) is 5.91 Å². The van der Waals surface area contributed by atoms with E-state index in [1.807, 2.05) is 104 Å². The Morgan fingerprint density at radius 3 is 1.41 bits per heavy atom. The fourth-order valence-corrected chi connectivity index (χ4v) is 7.32. The van der Waals surface area contributed by atoms with Crippen LogP contribution in [0.1, 0.15) is 68.2 Å². The Bertz CT molecular complexity index is 1770. The van der Waals surface area contributed by atoms with Gasteiger partial charge >= 0.3 is 17.9 Å². The number of rotatable bonds is 21. The number of benzene rings is 4. The van der Waals surface area contributed by atoms with E-state index in [-0.39, 0.29) is 25.7 Å². The highest BCUT2D eigenvalue weighted by molar-refractivity contribution is 5.99. The van der Waals surface area contributed by atoms with E-state index in [0.717, 1.165) is 42.4 Å². The molecular weight excluding hydrogens is 703 g/mol. The van der Waals surface area contributed by atoms with Crippen LogP contribution in [0.4, 0.5) is 0 Å². The third-order valence-electron chi connectivity index (χ3n) is 10.4. The molecule has 1 saturated carbocycles. The van der Waals surface area contributed by atoms with Gasteiger partial charge in [0.1, 0.15) is 19.8 Å². The second-order valence-electron chi connectivity index (χ2n) is 14.6. The average molecular weight is 758 g/mol. The maximum Gasteiger partial charge on any atom is 0.311 e. The van der Waals surface area contributed by atoms with Crippen LogP contribution in [0.15, 0.2) is 133 Å². The quantitative estimate of drug-likeness (QED) is 0.0362. The van der Waals surface area contributed by atoms with Crippen LogP contribution in [-0.4, -0.2) is 41.8 Å². The Morgan fingerprint density at radius 1 is 0.571 bits per heavy atom. The van der Waals surface area contributed by atoms with Gasteiger partial charge in [0.15, 0.2) is 0 Å². The van der Waals surface area contributed by atoms with Gasteiger partial charge in [-0.25, -0.2) is 0 Å². The molecule has 5 rings (SSSR count). The van der Waals surface area contributed by atoms with Crippen LogP contribution in [0.2, 0.25) is 0 Å². The number of carbonyl (C=O) groups excluding carboxylic acids is 4. The van der Waals surface area contributed by atoms with Crippen molar-refractivity contribution in [2.24, 2.45) is 29.6 Å². The molecule has 0 heterocycles. The number of aryl methyl sites for hydroxylation is 1. The number of hydrogen-bond acceptors (Lipinski definition) is 7. The summed E-state index contributed by atoms with van der Waals surface area (Å²) in [5.74, 6) is -6.96. The third-order valence-corrected chi connectivity index (χ3v) is 10.4. The first-order valence-corrected chi connectivity index (χ1v) is 20.0. The second-order valence-corrected chi connectivity index (χ2v) is 14.6. The van der Waals surface area contributed by atoms with Crippen molar-refractivity contribution in [1.82, 2.24) is 4.90 Å². The highest BCUT2D eigenvalue weighted by Crippen LogP contribution is 2.50. The summed E-state index contributed by atoms with van der Waals surface area (Å²) < 4.78 is 17.3. The molecule has 0 radical (unpaired) electrons. The van der Waals surface area contributed by atoms with Gasteiger partial charge < -0.3 is 19.1 Å². The largest absolute Gasteiger partial charge is 0.461 e. The molecule has 0 bridgehead atoms. The topological polar surface area (TPSA) is 99.2 Å². The molecule has 1 amide bonds. The van der Waals surface area contributed by atoms with Gasteiger partial charge in [-0.15, -0.1) is 0 Å². The number of hydrogen-bond donors (Lipinski definition) is 0. The highest BCUT2D eigenvalue weighted by atomic mass is 16.5. The Hall–Kier alpha value is -5.50. The van der Waals surface area contributed by atoms with Crippen molar-refractivity contribution < 1.29 is 33.4 Å². The van der Waals surface area contributed by atoms with Crippen LogP contribution in [0.25, 0.3) is 0 Å². The highest BCUT2D eigenvalue weighted by Gasteiger charge is 2.65. The maximum atomic E-state index is 14.6. The Labute approximate surface area is 331 Å². The summed E-state index contributed by atoms with van der Waals surface area (Å²) in [5.41, 5.74) is 3.63. The molecule has 3 atom stereocenters. The number of ether oxygens (including phenoxy) is 3. The zero-order valence-corrected chi connectivity index (χ0v) is 32.7. The smallest absolute Gasteiger partial charge is 0.311 e. The fraction of sp³-hybridized carbons (Fsp3) is 0.375. The molecule has 2 unspecified atom stereocenters. The standard InChI is InChI=1S/C48H55NO7/c1-3-31-49(32-18-8-9-20-36(2)21-19-30-37-22-10-4-11-23-37)45(50)41-42(46(51)54-33-38-24-12-5-13-25-38)44(48(53)56-35-40-28-16-7-17-29-40)43(41)47(52)55-34-39-26-14-6-15-27-39/h4-7,9-17,20,22-29,36,41-44H,3,8,18-19,21,30-35H2,1-2H3/b20-9+/t36-,41?,42?,43?,44?/m0/s1. The van der Waals surface area contributed by atoms with Crippen LogP contribution >= 0.6 is 0 Å². The summed E-state index contributed by atoms with van der Waals surface area (Å²) in [6.07, 6.45) is 9.85. The molecule has 294 valence electrons. The third kappa shape index (κ3) is 12.3. The summed E-state index contributed by atoms with van der Waals surface area (Å²) in [6, 6.07) is 38.1. The first-order valence-electron chi connectivity index (χ1n) is 20.0. The van der Waals surface area contributed by atoms with Gasteiger partial charge in [-0.05, 0) is 66.7 Å². The maximum absolute atomic E-state index is 14.6. The Balaban J connectivity index is 1.31. The predicted octanol–water partition coefficient (Wildman–Crippen LogP) is 8.93. The number of carbonyl (C=O) groups is 4. The lowest BCUT2D eigenvalue weighted by molar-refractivity contribution is -0.197. The van der Waals surface area contributed by atoms with Crippen molar-refractivity contribution in [3.8, 4) is 0 Å². The van der Waals surface area contributed by atoms with Gasteiger partial charge in [0.05, 0.1) is 23.7 Å². The number of esters is 3. The minimum absolute atomic E-state index is 0.0400. The summed E-state index contributed by atoms with van der Waals surface area (Å²) >= 11 is 0. The first kappa shape index (κ1) is 41.7. The fourth-order valence-electron chi connectivity index (χ4n) is 7.32. The van der Waals surface area contributed by atoms with E-state index in [1.165, 1.54) is 5.56 Å². The lowest BCUT2D eigenvalue weighted by Crippen LogP contribution is -2.63. The molecule has 8 nitrogen and oxygen atoms in total. The normalized spacial score (nSPS) is 18.0. The van der Waals surface area contributed by atoms with Crippen molar-refractivity contribution in [3.05, 3.63) is 156 Å². The van der Waals surface area contributed by atoms with Crippen LogP contribution in [0.3, 0.4) is 0 Å². The van der Waals surface area contributed by atoms with Crippen LogP contribution in [0.5, 0.6) is 0 Å². The number of amides is 1. The molecule has 8 heteroatoms. The molecule has 0 aromatic heterocycles. The van der Waals surface area contributed by atoms with Gasteiger partial charge in [0, 0.05) is 13.1 Å². The van der Waals surface area contributed by atoms with E-state index < -0.39 is 41.6 Å². The molecule has 0 aliphatic heterocycles. The molecule has 0 spiro atoms. The molecule has 1 aliphatic carbocycles. The lowest BCUT2D eigenvalue weighted by Gasteiger charge is -2.47. The molecule has 4 aromatic rings. The minimum Gasteiger partial charge on any atom is -0.461 e. The zero-order chi connectivity index (χ0) is 39.5. The van der Waals surface area contributed by atoms with Crippen LogP contribution in [-0.2, 0) is 59.6 Å². The Kier molecular flexibility index (Phi) is 16.5. The van der Waals surface area contributed by atoms with E-state index in [2.05, 4.69) is 43.3 Å². The van der Waals surface area contributed by atoms with Gasteiger partial charge in [-0.3, -0.25) is 19.2 Å². The molecule has 1 fully saturated rings. The molecule has 4 aromatic carbocycles. The monoisotopic (exact) mass is 757 g/mol. The summed E-state index contributed by atoms with van der Waals surface area (Å²) in [4.78, 5) is 58.2. The molecule has 0 N–H and O–H groups in total.